The van der Waals surface area contributed by atoms with Crippen molar-refractivity contribution in [3.8, 4) is 17.4 Å². The van der Waals surface area contributed by atoms with E-state index in [0.717, 1.165) is 0 Å². The maximum atomic E-state index is 13.2. The Morgan fingerprint density at radius 2 is 1.67 bits per heavy atom. The van der Waals surface area contributed by atoms with Crippen LogP contribution < -0.4 is 9.47 Å². The Morgan fingerprint density at radius 1 is 0.974 bits per heavy atom. The largest absolute Gasteiger partial charge is 0.496 e. The molecular formula is C29H22ClFN2O6. The SMILES string of the molecule is COc1cc2nccc(Oc3ncc(CC(=O)C4(C(=O)Cc5ccc(F)cc5)CC4)cc3Cl)c2cc1C(=O)O. The summed E-state index contributed by atoms with van der Waals surface area (Å²) in [6.45, 7) is 0. The summed E-state index contributed by atoms with van der Waals surface area (Å²) in [4.78, 5) is 46.2. The van der Waals surface area contributed by atoms with Crippen LogP contribution in [0.4, 0.5) is 4.39 Å². The van der Waals surface area contributed by atoms with Crippen LogP contribution in [0.1, 0.15) is 34.3 Å². The number of hydrogen-bond acceptors (Lipinski definition) is 7. The Bertz CT molecular complexity index is 1620. The lowest BCUT2D eigenvalue weighted by atomic mass is 9.88. The van der Waals surface area contributed by atoms with Gasteiger partial charge in [0.05, 0.1) is 18.0 Å². The average molecular weight is 549 g/mol. The molecule has 5 rings (SSSR count). The maximum absolute atomic E-state index is 13.2. The lowest BCUT2D eigenvalue weighted by molar-refractivity contribution is -0.133. The number of nitrogens with zero attached hydrogens (tertiary/aromatic N) is 2. The van der Waals surface area contributed by atoms with E-state index in [1.54, 1.807) is 24.3 Å². The van der Waals surface area contributed by atoms with Crippen LogP contribution in [0.3, 0.4) is 0 Å². The molecule has 0 saturated heterocycles. The standard InChI is InChI=1S/C29H22ClFN2O6/c1-38-24-14-22-19(13-20(24)28(36)37)23(6-9-32-22)39-27-21(30)10-17(15-33-27)12-26(35)29(7-8-29)25(34)11-16-2-4-18(31)5-3-16/h2-6,9-10,13-15H,7-8,11-12H2,1H3,(H,36,37). The van der Waals surface area contributed by atoms with Gasteiger partial charge in [0, 0.05) is 36.7 Å². The average Bonchev–Trinajstić information content (AvgIpc) is 3.73. The molecule has 0 spiro atoms. The molecule has 0 atom stereocenters. The van der Waals surface area contributed by atoms with Crippen molar-refractivity contribution in [2.24, 2.45) is 5.41 Å². The molecule has 0 unspecified atom stereocenters. The highest BCUT2D eigenvalue weighted by molar-refractivity contribution is 6.32. The maximum Gasteiger partial charge on any atom is 0.339 e. The molecule has 0 radical (unpaired) electrons. The Labute approximate surface area is 227 Å². The summed E-state index contributed by atoms with van der Waals surface area (Å²) in [5.41, 5.74) is 0.543. The zero-order chi connectivity index (χ0) is 27.7. The van der Waals surface area contributed by atoms with Crippen LogP contribution in [-0.2, 0) is 22.4 Å². The normalized spacial score (nSPS) is 13.6. The Morgan fingerprint density at radius 3 is 2.28 bits per heavy atom. The number of methoxy groups -OCH3 is 1. The molecule has 8 nitrogen and oxygen atoms in total. The molecule has 1 fully saturated rings. The van der Waals surface area contributed by atoms with E-state index in [9.17, 15) is 23.9 Å². The molecule has 39 heavy (non-hydrogen) atoms. The first-order valence-corrected chi connectivity index (χ1v) is 12.4. The number of ketones is 2. The number of hydrogen-bond donors (Lipinski definition) is 1. The number of carboxylic acids is 1. The van der Waals surface area contributed by atoms with Gasteiger partial charge < -0.3 is 14.6 Å². The summed E-state index contributed by atoms with van der Waals surface area (Å²) in [6, 6.07) is 11.7. The zero-order valence-corrected chi connectivity index (χ0v) is 21.5. The summed E-state index contributed by atoms with van der Waals surface area (Å²) < 4.78 is 24.2. The first-order chi connectivity index (χ1) is 18.7. The number of carboxylic acid groups (broad SMARTS) is 1. The van der Waals surface area contributed by atoms with E-state index in [4.69, 9.17) is 21.1 Å². The van der Waals surface area contributed by atoms with E-state index in [1.165, 1.54) is 43.8 Å². The Hall–Kier alpha value is -4.37. The number of aromatic nitrogens is 2. The van der Waals surface area contributed by atoms with Crippen LogP contribution in [0.15, 0.2) is 60.9 Å². The lowest BCUT2D eigenvalue weighted by Crippen LogP contribution is -2.29. The summed E-state index contributed by atoms with van der Waals surface area (Å²) in [7, 11) is 1.37. The summed E-state index contributed by atoms with van der Waals surface area (Å²) >= 11 is 6.43. The molecule has 1 saturated carbocycles. The monoisotopic (exact) mass is 548 g/mol. The predicted octanol–water partition coefficient (Wildman–Crippen LogP) is 5.63. The minimum Gasteiger partial charge on any atom is -0.496 e. The van der Waals surface area contributed by atoms with E-state index in [0.29, 0.717) is 34.9 Å². The van der Waals surface area contributed by atoms with E-state index in [1.807, 2.05) is 0 Å². The molecule has 1 N–H and O–H groups in total. The Kier molecular flexibility index (Phi) is 7.01. The lowest BCUT2D eigenvalue weighted by Gasteiger charge is -2.14. The second-order valence-electron chi connectivity index (χ2n) is 9.32. The van der Waals surface area contributed by atoms with Crippen molar-refractivity contribution in [3.63, 3.8) is 0 Å². The number of carbonyl (C=O) groups is 3. The van der Waals surface area contributed by atoms with Gasteiger partial charge in [-0.3, -0.25) is 14.6 Å². The van der Waals surface area contributed by atoms with Crippen LogP contribution in [-0.4, -0.2) is 39.7 Å². The topological polar surface area (TPSA) is 116 Å². The van der Waals surface area contributed by atoms with Crippen molar-refractivity contribution in [2.75, 3.05) is 7.11 Å². The number of pyridine rings is 2. The minimum absolute atomic E-state index is 0.0257. The van der Waals surface area contributed by atoms with Crippen molar-refractivity contribution in [1.82, 2.24) is 9.97 Å². The molecule has 2 aromatic heterocycles. The molecule has 4 aromatic rings. The number of carbonyl (C=O) groups excluding carboxylic acids is 2. The molecule has 0 bridgehead atoms. The van der Waals surface area contributed by atoms with Gasteiger partial charge in [0.1, 0.15) is 27.9 Å². The molecule has 1 aliphatic carbocycles. The first kappa shape index (κ1) is 26.2. The molecule has 0 amide bonds. The van der Waals surface area contributed by atoms with Crippen LogP contribution in [0, 0.1) is 11.2 Å². The smallest absolute Gasteiger partial charge is 0.339 e. The van der Waals surface area contributed by atoms with Gasteiger partial charge in [-0.05, 0) is 54.3 Å². The van der Waals surface area contributed by atoms with Gasteiger partial charge in [-0.25, -0.2) is 14.2 Å². The fourth-order valence-corrected chi connectivity index (χ4v) is 4.69. The van der Waals surface area contributed by atoms with Crippen molar-refractivity contribution in [3.05, 3.63) is 88.5 Å². The highest BCUT2D eigenvalue weighted by atomic mass is 35.5. The van der Waals surface area contributed by atoms with Crippen LogP contribution in [0.5, 0.6) is 17.4 Å². The van der Waals surface area contributed by atoms with Gasteiger partial charge >= 0.3 is 5.97 Å². The second kappa shape index (κ2) is 10.4. The third-order valence-electron chi connectivity index (χ3n) is 6.78. The molecule has 1 aliphatic rings. The van der Waals surface area contributed by atoms with Gasteiger partial charge in [0.25, 0.3) is 0 Å². The van der Waals surface area contributed by atoms with Crippen LogP contribution in [0.2, 0.25) is 5.02 Å². The van der Waals surface area contributed by atoms with Crippen molar-refractivity contribution >= 4 is 40.0 Å². The predicted molar refractivity (Wildman–Crippen MR) is 140 cm³/mol. The summed E-state index contributed by atoms with van der Waals surface area (Å²) in [5.74, 6) is -1.44. The van der Waals surface area contributed by atoms with Gasteiger partial charge in [0.15, 0.2) is 11.6 Å². The molecule has 2 aromatic carbocycles. The minimum atomic E-state index is -1.17. The number of halogens is 2. The molecule has 198 valence electrons. The van der Waals surface area contributed by atoms with E-state index < -0.39 is 11.4 Å². The van der Waals surface area contributed by atoms with E-state index >= 15 is 0 Å². The third-order valence-corrected chi connectivity index (χ3v) is 7.05. The summed E-state index contributed by atoms with van der Waals surface area (Å²) in [5, 5.41) is 10.1. The molecule has 0 aliphatic heterocycles. The molecule has 2 heterocycles. The fraction of sp³-hybridized carbons (Fsp3) is 0.207. The number of fused-ring (bicyclic) bond motifs is 1. The van der Waals surface area contributed by atoms with Gasteiger partial charge in [-0.15, -0.1) is 0 Å². The third kappa shape index (κ3) is 5.31. The van der Waals surface area contributed by atoms with Crippen molar-refractivity contribution < 1.29 is 33.4 Å². The number of Topliss-reactive ketones (excluding diaryl/α,β-unsaturated/α-hetero) is 2. The van der Waals surface area contributed by atoms with Gasteiger partial charge in [-0.2, -0.15) is 0 Å². The van der Waals surface area contributed by atoms with Crippen LogP contribution >= 0.6 is 11.6 Å². The van der Waals surface area contributed by atoms with Crippen molar-refractivity contribution in [2.45, 2.75) is 25.7 Å². The zero-order valence-electron chi connectivity index (χ0n) is 20.7. The number of rotatable bonds is 10. The highest BCUT2D eigenvalue weighted by Gasteiger charge is 2.54. The molecular weight excluding hydrogens is 527 g/mol. The summed E-state index contributed by atoms with van der Waals surface area (Å²) in [6.07, 6.45) is 3.94. The van der Waals surface area contributed by atoms with E-state index in [-0.39, 0.29) is 58.2 Å². The highest BCUT2D eigenvalue weighted by Crippen LogP contribution is 2.49. The quantitative estimate of drug-likeness (QED) is 0.254. The number of aromatic carboxylic acids is 1. The van der Waals surface area contributed by atoms with Crippen LogP contribution in [0.25, 0.3) is 10.9 Å². The number of ether oxygens (including phenoxy) is 2. The Balaban J connectivity index is 1.32. The first-order valence-electron chi connectivity index (χ1n) is 12.0. The second-order valence-corrected chi connectivity index (χ2v) is 9.73. The van der Waals surface area contributed by atoms with Gasteiger partial charge in [0.2, 0.25) is 5.88 Å². The fourth-order valence-electron chi connectivity index (χ4n) is 4.46. The number of benzene rings is 2. The van der Waals surface area contributed by atoms with Gasteiger partial charge in [-0.1, -0.05) is 23.7 Å². The molecule has 10 heteroatoms. The van der Waals surface area contributed by atoms with Crippen molar-refractivity contribution in [1.29, 1.82) is 0 Å². The van der Waals surface area contributed by atoms with E-state index in [2.05, 4.69) is 9.97 Å².